The summed E-state index contributed by atoms with van der Waals surface area (Å²) in [4.78, 5) is 0. The van der Waals surface area contributed by atoms with E-state index in [0.29, 0.717) is 106 Å². The molecule has 0 rings (SSSR count). The zero-order chi connectivity index (χ0) is 23.9. The SMILES string of the molecule is CCCCCOCCOCCOCCOCCOCCOCCOCCOCCOCCF. The van der Waals surface area contributed by atoms with E-state index in [2.05, 4.69) is 6.92 Å². The smallest absolute Gasteiger partial charge is 0.113 e. The Morgan fingerprint density at radius 2 is 0.576 bits per heavy atom. The summed E-state index contributed by atoms with van der Waals surface area (Å²) in [6, 6.07) is 0. The Bertz CT molecular complexity index is 311. The summed E-state index contributed by atoms with van der Waals surface area (Å²) < 4.78 is 60.0. The Morgan fingerprint density at radius 3 is 0.818 bits per heavy atom. The highest BCUT2D eigenvalue weighted by Gasteiger charge is 1.95. The Kier molecular flexibility index (Phi) is 31.2. The Hall–Kier alpha value is -0.430. The molecule has 0 spiro atoms. The first kappa shape index (κ1) is 32.6. The van der Waals surface area contributed by atoms with E-state index in [1.165, 1.54) is 12.8 Å². The number of rotatable bonds is 30. The van der Waals surface area contributed by atoms with Crippen LogP contribution in [-0.4, -0.2) is 126 Å². The zero-order valence-corrected chi connectivity index (χ0v) is 20.6. The van der Waals surface area contributed by atoms with Crippen molar-refractivity contribution in [1.29, 1.82) is 0 Å². The third-order valence-corrected chi connectivity index (χ3v) is 4.09. The molecule has 33 heavy (non-hydrogen) atoms. The minimum Gasteiger partial charge on any atom is -0.379 e. The second-order valence-corrected chi connectivity index (χ2v) is 6.91. The van der Waals surface area contributed by atoms with Crippen molar-refractivity contribution in [3.05, 3.63) is 0 Å². The molecule has 0 radical (unpaired) electrons. The lowest BCUT2D eigenvalue weighted by molar-refractivity contribution is -0.0252. The summed E-state index contributed by atoms with van der Waals surface area (Å²) >= 11 is 0. The third-order valence-electron chi connectivity index (χ3n) is 4.09. The maximum absolute atomic E-state index is 11.8. The van der Waals surface area contributed by atoms with Crippen LogP contribution in [0.5, 0.6) is 0 Å². The number of halogens is 1. The van der Waals surface area contributed by atoms with Gasteiger partial charge in [-0.25, -0.2) is 4.39 Å². The van der Waals surface area contributed by atoms with Gasteiger partial charge in [-0.3, -0.25) is 0 Å². The quantitative estimate of drug-likeness (QED) is 0.142. The van der Waals surface area contributed by atoms with E-state index in [4.69, 9.17) is 42.6 Å². The lowest BCUT2D eigenvalue weighted by Crippen LogP contribution is -2.15. The molecule has 0 heterocycles. The van der Waals surface area contributed by atoms with Gasteiger partial charge in [0.25, 0.3) is 0 Å². The second kappa shape index (κ2) is 31.6. The highest BCUT2D eigenvalue weighted by Crippen LogP contribution is 1.94. The predicted octanol–water partition coefficient (Wildman–Crippen LogP) is 2.30. The van der Waals surface area contributed by atoms with Crippen LogP contribution in [0.25, 0.3) is 0 Å². The fourth-order valence-electron chi connectivity index (χ4n) is 2.37. The van der Waals surface area contributed by atoms with Gasteiger partial charge < -0.3 is 42.6 Å². The lowest BCUT2D eigenvalue weighted by Gasteiger charge is -2.08. The molecule has 0 aromatic carbocycles. The molecular weight excluding hydrogens is 439 g/mol. The summed E-state index contributed by atoms with van der Waals surface area (Å²) in [5, 5.41) is 0. The molecule has 0 aliphatic heterocycles. The molecule has 0 aromatic rings. The van der Waals surface area contributed by atoms with E-state index in [1.807, 2.05) is 0 Å². The molecule has 0 N–H and O–H groups in total. The average Bonchev–Trinajstić information content (AvgIpc) is 2.83. The molecule has 0 aromatic heterocycles. The zero-order valence-electron chi connectivity index (χ0n) is 20.6. The highest BCUT2D eigenvalue weighted by molar-refractivity contribution is 4.39. The van der Waals surface area contributed by atoms with Crippen LogP contribution in [0, 0.1) is 0 Å². The van der Waals surface area contributed by atoms with Gasteiger partial charge in [0.15, 0.2) is 0 Å². The topological polar surface area (TPSA) is 83.1 Å². The fraction of sp³-hybridized carbons (Fsp3) is 1.00. The molecule has 0 amide bonds. The molecule has 9 nitrogen and oxygen atoms in total. The van der Waals surface area contributed by atoms with Gasteiger partial charge in [0.2, 0.25) is 0 Å². The van der Waals surface area contributed by atoms with Gasteiger partial charge >= 0.3 is 0 Å². The van der Waals surface area contributed by atoms with Crippen molar-refractivity contribution in [2.24, 2.45) is 0 Å². The van der Waals surface area contributed by atoms with Crippen molar-refractivity contribution >= 4 is 0 Å². The standard InChI is InChI=1S/C23H47FO9/c1-2-3-4-6-25-8-10-27-12-14-29-16-18-31-20-22-33-23-21-32-19-17-30-15-13-28-11-9-26-7-5-24/h2-23H2,1H3. The fourth-order valence-corrected chi connectivity index (χ4v) is 2.37. The largest absolute Gasteiger partial charge is 0.379 e. The predicted molar refractivity (Wildman–Crippen MR) is 123 cm³/mol. The summed E-state index contributed by atoms with van der Waals surface area (Å²) in [7, 11) is 0. The molecule has 0 saturated heterocycles. The molecule has 0 fully saturated rings. The van der Waals surface area contributed by atoms with Gasteiger partial charge in [-0.05, 0) is 6.42 Å². The van der Waals surface area contributed by atoms with Crippen LogP contribution in [0.1, 0.15) is 26.2 Å². The van der Waals surface area contributed by atoms with Crippen LogP contribution in [0.3, 0.4) is 0 Å². The van der Waals surface area contributed by atoms with E-state index in [0.717, 1.165) is 13.0 Å². The first-order valence-corrected chi connectivity index (χ1v) is 12.2. The Morgan fingerprint density at radius 1 is 0.333 bits per heavy atom. The monoisotopic (exact) mass is 486 g/mol. The summed E-state index contributed by atoms with van der Waals surface area (Å²) in [5.74, 6) is 0. The first-order chi connectivity index (χ1) is 16.4. The van der Waals surface area contributed by atoms with Crippen molar-refractivity contribution in [2.45, 2.75) is 26.2 Å². The van der Waals surface area contributed by atoms with Crippen LogP contribution in [0.15, 0.2) is 0 Å². The normalized spacial score (nSPS) is 11.5. The number of alkyl halides is 1. The summed E-state index contributed by atoms with van der Waals surface area (Å²) in [6.07, 6.45) is 3.55. The minimum atomic E-state index is -0.468. The molecule has 200 valence electrons. The number of unbranched alkanes of at least 4 members (excludes halogenated alkanes) is 2. The van der Waals surface area contributed by atoms with Crippen LogP contribution >= 0.6 is 0 Å². The molecular formula is C23H47FO9. The van der Waals surface area contributed by atoms with E-state index in [9.17, 15) is 4.39 Å². The van der Waals surface area contributed by atoms with E-state index >= 15 is 0 Å². The average molecular weight is 487 g/mol. The van der Waals surface area contributed by atoms with Gasteiger partial charge in [0.1, 0.15) is 6.67 Å². The number of hydrogen-bond acceptors (Lipinski definition) is 9. The van der Waals surface area contributed by atoms with Crippen molar-refractivity contribution in [3.63, 3.8) is 0 Å². The van der Waals surface area contributed by atoms with Crippen LogP contribution in [0.4, 0.5) is 4.39 Å². The van der Waals surface area contributed by atoms with Crippen LogP contribution < -0.4 is 0 Å². The van der Waals surface area contributed by atoms with Crippen molar-refractivity contribution in [1.82, 2.24) is 0 Å². The van der Waals surface area contributed by atoms with E-state index < -0.39 is 6.67 Å². The van der Waals surface area contributed by atoms with Gasteiger partial charge in [0, 0.05) is 6.61 Å². The lowest BCUT2D eigenvalue weighted by atomic mass is 10.3. The summed E-state index contributed by atoms with van der Waals surface area (Å²) in [6.45, 7) is 11.0. The Balaban J connectivity index is 2.99. The molecule has 0 atom stereocenters. The number of ether oxygens (including phenoxy) is 9. The highest BCUT2D eigenvalue weighted by atomic mass is 19.1. The van der Waals surface area contributed by atoms with Gasteiger partial charge in [-0.2, -0.15) is 0 Å². The van der Waals surface area contributed by atoms with Crippen molar-refractivity contribution in [2.75, 3.05) is 126 Å². The molecule has 10 heteroatoms. The molecule has 0 unspecified atom stereocenters. The molecule has 0 aliphatic rings. The second-order valence-electron chi connectivity index (χ2n) is 6.91. The minimum absolute atomic E-state index is 0.121. The number of hydrogen-bond donors (Lipinski definition) is 0. The first-order valence-electron chi connectivity index (χ1n) is 12.2. The molecule has 0 bridgehead atoms. The van der Waals surface area contributed by atoms with Crippen LogP contribution in [0.2, 0.25) is 0 Å². The third kappa shape index (κ3) is 31.6. The van der Waals surface area contributed by atoms with E-state index in [-0.39, 0.29) is 6.61 Å². The van der Waals surface area contributed by atoms with Gasteiger partial charge in [-0.1, -0.05) is 19.8 Å². The summed E-state index contributed by atoms with van der Waals surface area (Å²) in [5.41, 5.74) is 0. The van der Waals surface area contributed by atoms with E-state index in [1.54, 1.807) is 0 Å². The maximum atomic E-state index is 11.8. The van der Waals surface area contributed by atoms with Crippen LogP contribution in [-0.2, 0) is 42.6 Å². The maximum Gasteiger partial charge on any atom is 0.113 e. The van der Waals surface area contributed by atoms with Crippen molar-refractivity contribution in [3.8, 4) is 0 Å². The van der Waals surface area contributed by atoms with Gasteiger partial charge in [-0.15, -0.1) is 0 Å². The Labute approximate surface area is 199 Å². The molecule has 0 aliphatic carbocycles. The van der Waals surface area contributed by atoms with Crippen molar-refractivity contribution < 1.29 is 47.0 Å². The molecule has 0 saturated carbocycles. The van der Waals surface area contributed by atoms with Gasteiger partial charge in [0.05, 0.1) is 112 Å².